The second-order valence-corrected chi connectivity index (χ2v) is 7.05. The number of carbonyl (C=O) groups excluding carboxylic acids is 2. The summed E-state index contributed by atoms with van der Waals surface area (Å²) in [5, 5.41) is 4.47. The zero-order valence-corrected chi connectivity index (χ0v) is 14.4. The van der Waals surface area contributed by atoms with Crippen molar-refractivity contribution in [2.45, 2.75) is 18.7 Å². The number of ether oxygens (including phenoxy) is 1. The molecular formula is C14H21N3O5S. The van der Waals surface area contributed by atoms with Crippen LogP contribution < -0.4 is 15.4 Å². The number of benzene rings is 1. The van der Waals surface area contributed by atoms with Crippen LogP contribution in [0.1, 0.15) is 12.5 Å². The third-order valence-corrected chi connectivity index (χ3v) is 4.64. The van der Waals surface area contributed by atoms with Gasteiger partial charge in [-0.3, -0.25) is 10.1 Å². The fraction of sp³-hybridized carbons (Fsp3) is 0.429. The summed E-state index contributed by atoms with van der Waals surface area (Å²) >= 11 is 0. The number of sulfonamides is 1. The molecule has 0 fully saturated rings. The highest BCUT2D eigenvalue weighted by atomic mass is 32.2. The van der Waals surface area contributed by atoms with Gasteiger partial charge in [0, 0.05) is 20.6 Å². The van der Waals surface area contributed by atoms with Gasteiger partial charge in [-0.25, -0.2) is 17.5 Å². The molecule has 0 aliphatic rings. The molecule has 3 amide bonds. The summed E-state index contributed by atoms with van der Waals surface area (Å²) in [4.78, 5) is 22.8. The van der Waals surface area contributed by atoms with Gasteiger partial charge in [-0.1, -0.05) is 6.07 Å². The smallest absolute Gasteiger partial charge is 0.321 e. The molecule has 1 aromatic rings. The number of hydrogen-bond donors (Lipinski definition) is 2. The normalized spacial score (nSPS) is 11.2. The number of nitrogens with one attached hydrogen (secondary N) is 2. The molecule has 9 heteroatoms. The summed E-state index contributed by atoms with van der Waals surface area (Å²) < 4.78 is 30.9. The van der Waals surface area contributed by atoms with Gasteiger partial charge in [0.2, 0.25) is 10.0 Å². The third kappa shape index (κ3) is 5.22. The van der Waals surface area contributed by atoms with Gasteiger partial charge in [-0.2, -0.15) is 0 Å². The van der Waals surface area contributed by atoms with Gasteiger partial charge in [0.25, 0.3) is 5.91 Å². The van der Waals surface area contributed by atoms with Crippen molar-refractivity contribution < 1.29 is 22.7 Å². The van der Waals surface area contributed by atoms with E-state index < -0.39 is 28.6 Å². The molecule has 0 atom stereocenters. The van der Waals surface area contributed by atoms with E-state index in [1.807, 2.05) is 0 Å². The number of aryl methyl sites for hydroxylation is 1. The van der Waals surface area contributed by atoms with E-state index >= 15 is 0 Å². The van der Waals surface area contributed by atoms with Crippen LogP contribution in [0.2, 0.25) is 0 Å². The van der Waals surface area contributed by atoms with Crippen molar-refractivity contribution in [1.29, 1.82) is 0 Å². The lowest BCUT2D eigenvalue weighted by Gasteiger charge is -2.16. The average molecular weight is 343 g/mol. The predicted octanol–water partition coefficient (Wildman–Crippen LogP) is 0.470. The average Bonchev–Trinajstić information content (AvgIpc) is 2.45. The number of carbonyl (C=O) groups is 2. The molecule has 2 N–H and O–H groups in total. The van der Waals surface area contributed by atoms with Gasteiger partial charge >= 0.3 is 6.03 Å². The van der Waals surface area contributed by atoms with Crippen molar-refractivity contribution in [1.82, 2.24) is 14.9 Å². The Hall–Kier alpha value is -2.13. The van der Waals surface area contributed by atoms with Gasteiger partial charge < -0.3 is 10.1 Å². The van der Waals surface area contributed by atoms with Crippen molar-refractivity contribution in [2.75, 3.05) is 27.2 Å². The molecule has 0 heterocycles. The summed E-state index contributed by atoms with van der Waals surface area (Å²) in [7, 11) is -0.900. The first-order valence-corrected chi connectivity index (χ1v) is 8.36. The van der Waals surface area contributed by atoms with E-state index in [2.05, 4.69) is 10.6 Å². The molecule has 0 aliphatic carbocycles. The first-order valence-electron chi connectivity index (χ1n) is 6.92. The zero-order valence-electron chi connectivity index (χ0n) is 13.5. The largest absolute Gasteiger partial charge is 0.482 e. The fourth-order valence-electron chi connectivity index (χ4n) is 1.64. The Labute approximate surface area is 135 Å². The van der Waals surface area contributed by atoms with Crippen molar-refractivity contribution in [3.63, 3.8) is 0 Å². The number of urea groups is 1. The quantitative estimate of drug-likeness (QED) is 0.781. The maximum absolute atomic E-state index is 12.3. The number of amides is 3. The van der Waals surface area contributed by atoms with Crippen LogP contribution in [0.3, 0.4) is 0 Å². The summed E-state index contributed by atoms with van der Waals surface area (Å²) in [6.07, 6.45) is 0. The van der Waals surface area contributed by atoms with Crippen LogP contribution in [0.25, 0.3) is 0 Å². The molecule has 0 bridgehead atoms. The number of nitrogens with zero attached hydrogens (tertiary/aromatic N) is 1. The van der Waals surface area contributed by atoms with Gasteiger partial charge in [-0.15, -0.1) is 0 Å². The highest BCUT2D eigenvalue weighted by molar-refractivity contribution is 7.89. The summed E-state index contributed by atoms with van der Waals surface area (Å²) in [6, 6.07) is 3.98. The first-order chi connectivity index (χ1) is 10.7. The molecule has 0 radical (unpaired) electrons. The van der Waals surface area contributed by atoms with Crippen LogP contribution in [0.5, 0.6) is 5.75 Å². The minimum atomic E-state index is -3.71. The Bertz CT molecular complexity index is 686. The van der Waals surface area contributed by atoms with Crippen molar-refractivity contribution in [2.24, 2.45) is 0 Å². The topological polar surface area (TPSA) is 105 Å². The molecule has 0 spiro atoms. The lowest BCUT2D eigenvalue weighted by atomic mass is 10.2. The maximum Gasteiger partial charge on any atom is 0.321 e. The molecule has 0 saturated heterocycles. The summed E-state index contributed by atoms with van der Waals surface area (Å²) in [5.74, 6) is -0.625. The molecule has 0 aliphatic heterocycles. The second-order valence-electron chi connectivity index (χ2n) is 4.93. The van der Waals surface area contributed by atoms with E-state index in [0.29, 0.717) is 6.54 Å². The van der Waals surface area contributed by atoms with Crippen LogP contribution in [0, 0.1) is 6.92 Å². The van der Waals surface area contributed by atoms with E-state index in [4.69, 9.17) is 4.74 Å². The third-order valence-electron chi connectivity index (χ3n) is 2.81. The molecule has 128 valence electrons. The van der Waals surface area contributed by atoms with Crippen LogP contribution in [-0.2, 0) is 14.8 Å². The standard InChI is InChI=1S/C14H21N3O5S/c1-5-15-14(19)16-13(18)9-22-11-7-6-10(2)8-12(11)23(20,21)17(3)4/h6-8H,5,9H2,1-4H3,(H2,15,16,18,19). The molecule has 1 rings (SSSR count). The van der Waals surface area contributed by atoms with Gasteiger partial charge in [0.15, 0.2) is 6.61 Å². The highest BCUT2D eigenvalue weighted by Gasteiger charge is 2.23. The Kier molecular flexibility index (Phi) is 6.52. The Balaban J connectivity index is 2.90. The van der Waals surface area contributed by atoms with Crippen LogP contribution in [-0.4, -0.2) is 51.9 Å². The molecule has 8 nitrogen and oxygen atoms in total. The minimum Gasteiger partial charge on any atom is -0.482 e. The summed E-state index contributed by atoms with van der Waals surface area (Å²) in [6.45, 7) is 3.37. The van der Waals surface area contributed by atoms with Gasteiger partial charge in [0.05, 0.1) is 0 Å². The molecule has 23 heavy (non-hydrogen) atoms. The SMILES string of the molecule is CCNC(=O)NC(=O)COc1ccc(C)cc1S(=O)(=O)N(C)C. The number of hydrogen-bond acceptors (Lipinski definition) is 5. The van der Waals surface area contributed by atoms with Crippen molar-refractivity contribution >= 4 is 22.0 Å². The monoisotopic (exact) mass is 343 g/mol. The Morgan fingerprint density at radius 3 is 2.48 bits per heavy atom. The molecular weight excluding hydrogens is 322 g/mol. The molecule has 0 aromatic heterocycles. The van der Waals surface area contributed by atoms with Crippen LogP contribution >= 0.6 is 0 Å². The van der Waals surface area contributed by atoms with E-state index in [1.54, 1.807) is 19.9 Å². The van der Waals surface area contributed by atoms with E-state index in [0.717, 1.165) is 9.87 Å². The molecule has 0 saturated carbocycles. The van der Waals surface area contributed by atoms with Crippen molar-refractivity contribution in [3.8, 4) is 5.75 Å². The number of rotatable bonds is 6. The van der Waals surface area contributed by atoms with Crippen LogP contribution in [0.15, 0.2) is 23.1 Å². The second kappa shape index (κ2) is 7.93. The Morgan fingerprint density at radius 1 is 1.26 bits per heavy atom. The lowest BCUT2D eigenvalue weighted by molar-refractivity contribution is -0.122. The summed E-state index contributed by atoms with van der Waals surface area (Å²) in [5.41, 5.74) is 0.740. The highest BCUT2D eigenvalue weighted by Crippen LogP contribution is 2.26. The minimum absolute atomic E-state index is 0.0340. The maximum atomic E-state index is 12.3. The zero-order chi connectivity index (χ0) is 17.6. The van der Waals surface area contributed by atoms with Crippen LogP contribution in [0.4, 0.5) is 4.79 Å². The predicted molar refractivity (Wildman–Crippen MR) is 84.8 cm³/mol. The van der Waals surface area contributed by atoms with Gasteiger partial charge in [0.1, 0.15) is 10.6 Å². The first kappa shape index (κ1) is 18.9. The number of imide groups is 1. The van der Waals surface area contributed by atoms with Crippen molar-refractivity contribution in [3.05, 3.63) is 23.8 Å². The van der Waals surface area contributed by atoms with E-state index in [-0.39, 0.29) is 10.6 Å². The van der Waals surface area contributed by atoms with E-state index in [9.17, 15) is 18.0 Å². The van der Waals surface area contributed by atoms with E-state index in [1.165, 1.54) is 26.2 Å². The van der Waals surface area contributed by atoms with Gasteiger partial charge in [-0.05, 0) is 31.5 Å². The molecule has 1 aromatic carbocycles. The molecule has 0 unspecified atom stereocenters. The fourth-order valence-corrected chi connectivity index (χ4v) is 2.75. The lowest BCUT2D eigenvalue weighted by Crippen LogP contribution is -2.41. The Morgan fingerprint density at radius 2 is 1.91 bits per heavy atom.